The van der Waals surface area contributed by atoms with E-state index in [1.54, 1.807) is 33.3 Å². The minimum Gasteiger partial charge on any atom is -0.497 e. The topological polar surface area (TPSA) is 56.8 Å². The molecule has 1 unspecified atom stereocenters. The highest BCUT2D eigenvalue weighted by molar-refractivity contribution is 9.10. The molecule has 164 valence electrons. The monoisotopic (exact) mass is 499 g/mol. The van der Waals surface area contributed by atoms with Gasteiger partial charge in [0.25, 0.3) is 0 Å². The van der Waals surface area contributed by atoms with E-state index in [9.17, 15) is 9.18 Å². The second-order valence-electron chi connectivity index (χ2n) is 6.79. The number of methoxy groups -OCH3 is 2. The van der Waals surface area contributed by atoms with Crippen LogP contribution >= 0.6 is 27.7 Å². The predicted molar refractivity (Wildman–Crippen MR) is 122 cm³/mol. The number of hydrogen-bond donors (Lipinski definition) is 1. The van der Waals surface area contributed by atoms with Crippen molar-refractivity contribution < 1.29 is 23.4 Å². The van der Waals surface area contributed by atoms with Crippen molar-refractivity contribution in [3.63, 3.8) is 0 Å². The predicted octanol–water partition coefficient (Wildman–Crippen LogP) is 4.91. The van der Waals surface area contributed by atoms with Crippen LogP contribution in [0.25, 0.3) is 0 Å². The first-order chi connectivity index (χ1) is 14.3. The molecule has 0 radical (unpaired) electrons. The lowest BCUT2D eigenvalue weighted by Crippen LogP contribution is -2.42. The molecule has 0 heterocycles. The van der Waals surface area contributed by atoms with Crippen LogP contribution in [0.2, 0.25) is 0 Å². The van der Waals surface area contributed by atoms with E-state index >= 15 is 0 Å². The Balaban J connectivity index is 2.25. The standard InChI is InChI=1S/C22H27BrFNO4S/c1-5-29-21(26)13-30-14-22(2,18-10-16(23)7-9-19(18)24)25-12-15-6-8-17(27-3)11-20(15)28-4/h6-11,25H,5,12-14H2,1-4H3. The van der Waals surface area contributed by atoms with Crippen LogP contribution in [0.3, 0.4) is 0 Å². The van der Waals surface area contributed by atoms with Crippen molar-refractivity contribution in [1.82, 2.24) is 5.32 Å². The Hall–Kier alpha value is -1.77. The normalized spacial score (nSPS) is 12.9. The third-order valence-electron chi connectivity index (χ3n) is 4.60. The summed E-state index contributed by atoms with van der Waals surface area (Å²) in [6.07, 6.45) is 0. The molecule has 0 amide bonds. The molecule has 0 aliphatic rings. The van der Waals surface area contributed by atoms with Crippen LogP contribution in [0.4, 0.5) is 4.39 Å². The second-order valence-corrected chi connectivity index (χ2v) is 8.69. The van der Waals surface area contributed by atoms with Gasteiger partial charge in [-0.3, -0.25) is 4.79 Å². The molecule has 1 atom stereocenters. The number of hydrogen-bond acceptors (Lipinski definition) is 6. The largest absolute Gasteiger partial charge is 0.497 e. The smallest absolute Gasteiger partial charge is 0.315 e. The van der Waals surface area contributed by atoms with Crippen molar-refractivity contribution in [3.05, 3.63) is 57.8 Å². The molecule has 2 aromatic carbocycles. The average Bonchev–Trinajstić information content (AvgIpc) is 2.74. The Morgan fingerprint density at radius 2 is 1.97 bits per heavy atom. The number of carbonyl (C=O) groups is 1. The van der Waals surface area contributed by atoms with Gasteiger partial charge in [-0.15, -0.1) is 11.8 Å². The Bertz CT molecular complexity index is 867. The van der Waals surface area contributed by atoms with Crippen molar-refractivity contribution >= 4 is 33.7 Å². The fraction of sp³-hybridized carbons (Fsp3) is 0.409. The van der Waals surface area contributed by atoms with Crippen LogP contribution in [0, 0.1) is 5.82 Å². The first-order valence-corrected chi connectivity index (χ1v) is 11.4. The molecule has 0 bridgehead atoms. The van der Waals surface area contributed by atoms with E-state index in [4.69, 9.17) is 14.2 Å². The highest BCUT2D eigenvalue weighted by Gasteiger charge is 2.30. The number of benzene rings is 2. The van der Waals surface area contributed by atoms with E-state index in [2.05, 4.69) is 21.2 Å². The fourth-order valence-corrected chi connectivity index (χ4v) is 4.35. The Morgan fingerprint density at radius 3 is 2.63 bits per heavy atom. The molecule has 0 saturated heterocycles. The molecule has 5 nitrogen and oxygen atoms in total. The lowest BCUT2D eigenvalue weighted by atomic mass is 9.93. The van der Waals surface area contributed by atoms with Crippen molar-refractivity contribution in [2.75, 3.05) is 32.3 Å². The summed E-state index contributed by atoms with van der Waals surface area (Å²) in [4.78, 5) is 11.7. The number of carbonyl (C=O) groups excluding carboxylic acids is 1. The molecule has 0 aliphatic heterocycles. The number of esters is 1. The fourth-order valence-electron chi connectivity index (χ4n) is 2.97. The van der Waals surface area contributed by atoms with Gasteiger partial charge in [-0.1, -0.05) is 22.0 Å². The van der Waals surface area contributed by atoms with Gasteiger partial charge in [-0.05, 0) is 38.1 Å². The molecule has 0 saturated carbocycles. The van der Waals surface area contributed by atoms with Crippen molar-refractivity contribution in [1.29, 1.82) is 0 Å². The summed E-state index contributed by atoms with van der Waals surface area (Å²) in [5.41, 5.74) is 0.687. The summed E-state index contributed by atoms with van der Waals surface area (Å²) in [5, 5.41) is 3.46. The molecule has 1 N–H and O–H groups in total. The van der Waals surface area contributed by atoms with E-state index in [1.807, 2.05) is 25.1 Å². The first-order valence-electron chi connectivity index (χ1n) is 9.47. The molecular weight excluding hydrogens is 473 g/mol. The third-order valence-corrected chi connectivity index (χ3v) is 6.32. The van der Waals surface area contributed by atoms with Gasteiger partial charge >= 0.3 is 5.97 Å². The third kappa shape index (κ3) is 6.62. The van der Waals surface area contributed by atoms with Gasteiger partial charge in [0.15, 0.2) is 0 Å². The highest BCUT2D eigenvalue weighted by Crippen LogP contribution is 2.32. The number of rotatable bonds is 11. The number of nitrogens with one attached hydrogen (secondary N) is 1. The van der Waals surface area contributed by atoms with Gasteiger partial charge in [0, 0.05) is 34.0 Å². The molecule has 2 rings (SSSR count). The SMILES string of the molecule is CCOC(=O)CSCC(C)(NCc1ccc(OC)cc1OC)c1cc(Br)ccc1F. The van der Waals surface area contributed by atoms with Gasteiger partial charge < -0.3 is 19.5 Å². The van der Waals surface area contributed by atoms with Gasteiger partial charge in [0.1, 0.15) is 17.3 Å². The Kier molecular flexibility index (Phi) is 9.45. The van der Waals surface area contributed by atoms with Gasteiger partial charge in [-0.2, -0.15) is 0 Å². The van der Waals surface area contributed by atoms with Crippen LogP contribution in [-0.2, 0) is 21.6 Å². The van der Waals surface area contributed by atoms with Crippen LogP contribution < -0.4 is 14.8 Å². The molecule has 8 heteroatoms. The zero-order chi connectivity index (χ0) is 22.1. The van der Waals surface area contributed by atoms with Crippen LogP contribution in [0.5, 0.6) is 11.5 Å². The quantitative estimate of drug-likeness (QED) is 0.443. The van der Waals surface area contributed by atoms with Crippen LogP contribution in [-0.4, -0.2) is 38.3 Å². The molecule has 0 aromatic heterocycles. The van der Waals surface area contributed by atoms with E-state index in [0.717, 1.165) is 10.0 Å². The summed E-state index contributed by atoms with van der Waals surface area (Å²) in [7, 11) is 3.20. The summed E-state index contributed by atoms with van der Waals surface area (Å²) >= 11 is 4.82. The minimum absolute atomic E-state index is 0.201. The molecule has 2 aromatic rings. The van der Waals surface area contributed by atoms with E-state index in [1.165, 1.54) is 17.8 Å². The zero-order valence-electron chi connectivity index (χ0n) is 17.6. The van der Waals surface area contributed by atoms with Gasteiger partial charge in [0.2, 0.25) is 0 Å². The second kappa shape index (κ2) is 11.6. The maximum Gasteiger partial charge on any atom is 0.315 e. The van der Waals surface area contributed by atoms with Crippen molar-refractivity contribution in [3.8, 4) is 11.5 Å². The Morgan fingerprint density at radius 1 is 1.20 bits per heavy atom. The molecule has 0 fully saturated rings. The first kappa shape index (κ1) is 24.5. The van der Waals surface area contributed by atoms with Crippen molar-refractivity contribution in [2.45, 2.75) is 25.9 Å². The minimum atomic E-state index is -0.740. The molecule has 0 spiro atoms. The van der Waals surface area contributed by atoms with Crippen molar-refractivity contribution in [2.24, 2.45) is 0 Å². The van der Waals surface area contributed by atoms with Gasteiger partial charge in [-0.25, -0.2) is 4.39 Å². The summed E-state index contributed by atoms with van der Waals surface area (Å²) in [6.45, 7) is 4.47. The highest BCUT2D eigenvalue weighted by atomic mass is 79.9. The molecule has 30 heavy (non-hydrogen) atoms. The van der Waals surface area contributed by atoms with Crippen LogP contribution in [0.1, 0.15) is 25.0 Å². The van der Waals surface area contributed by atoms with Gasteiger partial charge in [0.05, 0.1) is 32.1 Å². The maximum absolute atomic E-state index is 14.7. The molecule has 0 aliphatic carbocycles. The average molecular weight is 500 g/mol. The van der Waals surface area contributed by atoms with E-state index < -0.39 is 5.54 Å². The summed E-state index contributed by atoms with van der Waals surface area (Å²) in [5.74, 6) is 1.45. The zero-order valence-corrected chi connectivity index (χ0v) is 20.0. The summed E-state index contributed by atoms with van der Waals surface area (Å²) in [6, 6.07) is 10.4. The lowest BCUT2D eigenvalue weighted by Gasteiger charge is -2.32. The number of thioether (sulfide) groups is 1. The lowest BCUT2D eigenvalue weighted by molar-refractivity contribution is -0.139. The molecular formula is C22H27BrFNO4S. The Labute approximate surface area is 189 Å². The van der Waals surface area contributed by atoms with E-state index in [0.29, 0.717) is 36.0 Å². The summed E-state index contributed by atoms with van der Waals surface area (Å²) < 4.78 is 31.2. The maximum atomic E-state index is 14.7. The van der Waals surface area contributed by atoms with Crippen LogP contribution in [0.15, 0.2) is 40.9 Å². The number of ether oxygens (including phenoxy) is 3. The van der Waals surface area contributed by atoms with E-state index in [-0.39, 0.29) is 17.5 Å². The number of halogens is 2.